The van der Waals surface area contributed by atoms with Gasteiger partial charge in [-0.05, 0) is 29.8 Å². The van der Waals surface area contributed by atoms with Gasteiger partial charge in [-0.2, -0.15) is 0 Å². The first-order valence-electron chi connectivity index (χ1n) is 8.60. The lowest BCUT2D eigenvalue weighted by Crippen LogP contribution is -1.98. The molecule has 3 aromatic carbocycles. The van der Waals surface area contributed by atoms with Crippen molar-refractivity contribution >= 4 is 11.0 Å². The molecule has 1 aromatic heterocycles. The van der Waals surface area contributed by atoms with E-state index in [0.29, 0.717) is 23.5 Å². The number of hydrogen-bond acceptors (Lipinski definition) is 3. The molecule has 0 fully saturated rings. The van der Waals surface area contributed by atoms with Crippen LogP contribution in [0.3, 0.4) is 0 Å². The summed E-state index contributed by atoms with van der Waals surface area (Å²) in [6.07, 6.45) is 0. The van der Waals surface area contributed by atoms with Crippen molar-refractivity contribution in [3.63, 3.8) is 0 Å². The molecular weight excluding hydrogens is 336 g/mol. The van der Waals surface area contributed by atoms with E-state index in [4.69, 9.17) is 9.15 Å². The van der Waals surface area contributed by atoms with Crippen LogP contribution in [-0.2, 0) is 6.61 Å². The van der Waals surface area contributed by atoms with Crippen LogP contribution in [0.2, 0.25) is 0 Å². The van der Waals surface area contributed by atoms with Crippen molar-refractivity contribution in [1.82, 2.24) is 0 Å². The summed E-state index contributed by atoms with van der Waals surface area (Å²) in [5.74, 6) is 6.93. The van der Waals surface area contributed by atoms with E-state index in [-0.39, 0.29) is 0 Å². The van der Waals surface area contributed by atoms with Crippen molar-refractivity contribution in [2.75, 3.05) is 0 Å². The zero-order chi connectivity index (χ0) is 18.5. The van der Waals surface area contributed by atoms with Gasteiger partial charge < -0.3 is 9.15 Å². The molecule has 0 saturated carbocycles. The molecule has 0 saturated heterocycles. The van der Waals surface area contributed by atoms with Gasteiger partial charge in [-0.15, -0.1) is 0 Å². The van der Waals surface area contributed by atoms with Crippen LogP contribution >= 0.6 is 0 Å². The molecule has 3 heteroatoms. The van der Waals surface area contributed by atoms with Crippen LogP contribution in [0, 0.1) is 11.8 Å². The standard InChI is InChI=1S/C24H16O3/c25-24-16-20(21-11-5-7-13-23(21)27-24)15-14-19-10-4-6-12-22(19)26-17-18-8-2-1-3-9-18/h1-13,16H,17H2. The fourth-order valence-electron chi connectivity index (χ4n) is 2.78. The molecule has 0 radical (unpaired) electrons. The Balaban J connectivity index is 1.66. The molecule has 3 nitrogen and oxygen atoms in total. The van der Waals surface area contributed by atoms with E-state index >= 15 is 0 Å². The Bertz CT molecular complexity index is 1190. The Morgan fingerprint density at radius 2 is 1.48 bits per heavy atom. The van der Waals surface area contributed by atoms with Gasteiger partial charge in [-0.25, -0.2) is 4.79 Å². The maximum absolute atomic E-state index is 11.8. The molecule has 0 bridgehead atoms. The van der Waals surface area contributed by atoms with E-state index in [2.05, 4.69) is 11.8 Å². The first kappa shape index (κ1) is 16.7. The monoisotopic (exact) mass is 352 g/mol. The summed E-state index contributed by atoms with van der Waals surface area (Å²) in [5.41, 5.74) is 2.62. The Morgan fingerprint density at radius 1 is 0.778 bits per heavy atom. The minimum Gasteiger partial charge on any atom is -0.488 e. The average molecular weight is 352 g/mol. The number of ether oxygens (including phenoxy) is 1. The van der Waals surface area contributed by atoms with Crippen LogP contribution < -0.4 is 10.4 Å². The van der Waals surface area contributed by atoms with E-state index < -0.39 is 5.63 Å². The molecule has 0 aliphatic heterocycles. The highest BCUT2D eigenvalue weighted by Crippen LogP contribution is 2.20. The predicted octanol–water partition coefficient (Wildman–Crippen LogP) is 4.77. The second kappa shape index (κ2) is 7.63. The molecule has 0 atom stereocenters. The molecule has 0 amide bonds. The number of hydrogen-bond donors (Lipinski definition) is 0. The van der Waals surface area contributed by atoms with Crippen molar-refractivity contribution in [2.45, 2.75) is 6.61 Å². The molecule has 0 spiro atoms. The summed E-state index contributed by atoms with van der Waals surface area (Å²) in [6, 6.07) is 26.4. The summed E-state index contributed by atoms with van der Waals surface area (Å²) in [5, 5.41) is 0.812. The van der Waals surface area contributed by atoms with Crippen LogP contribution in [0.5, 0.6) is 5.75 Å². The molecule has 1 heterocycles. The van der Waals surface area contributed by atoms with Crippen LogP contribution in [-0.4, -0.2) is 0 Å². The van der Waals surface area contributed by atoms with E-state index in [1.807, 2.05) is 72.8 Å². The van der Waals surface area contributed by atoms with Crippen LogP contribution in [0.15, 0.2) is 94.1 Å². The number of rotatable bonds is 3. The predicted molar refractivity (Wildman–Crippen MR) is 106 cm³/mol. The smallest absolute Gasteiger partial charge is 0.337 e. The van der Waals surface area contributed by atoms with Gasteiger partial charge in [0.2, 0.25) is 0 Å². The van der Waals surface area contributed by atoms with Crippen molar-refractivity contribution < 1.29 is 9.15 Å². The Morgan fingerprint density at radius 3 is 2.37 bits per heavy atom. The van der Waals surface area contributed by atoms with Gasteiger partial charge in [-0.3, -0.25) is 0 Å². The molecule has 0 aliphatic rings. The number of benzene rings is 3. The lowest BCUT2D eigenvalue weighted by Gasteiger charge is -2.08. The summed E-state index contributed by atoms with van der Waals surface area (Å²) in [7, 11) is 0. The van der Waals surface area contributed by atoms with Crippen LogP contribution in [0.4, 0.5) is 0 Å². The second-order valence-corrected chi connectivity index (χ2v) is 6.00. The minimum absolute atomic E-state index is 0.411. The molecule has 0 aliphatic carbocycles. The van der Waals surface area contributed by atoms with E-state index in [0.717, 1.165) is 16.5 Å². The van der Waals surface area contributed by atoms with E-state index in [1.54, 1.807) is 6.07 Å². The highest BCUT2D eigenvalue weighted by Gasteiger charge is 2.04. The number of para-hydroxylation sites is 2. The third kappa shape index (κ3) is 3.91. The lowest BCUT2D eigenvalue weighted by molar-refractivity contribution is 0.305. The molecule has 4 rings (SSSR count). The molecule has 27 heavy (non-hydrogen) atoms. The Kier molecular flexibility index (Phi) is 4.72. The normalized spacial score (nSPS) is 10.2. The molecule has 130 valence electrons. The minimum atomic E-state index is -0.411. The Hall–Kier alpha value is -3.77. The van der Waals surface area contributed by atoms with E-state index in [9.17, 15) is 4.79 Å². The largest absolute Gasteiger partial charge is 0.488 e. The van der Waals surface area contributed by atoms with Crippen molar-refractivity contribution in [3.8, 4) is 17.6 Å². The Labute approximate surface area is 156 Å². The topological polar surface area (TPSA) is 39.4 Å². The van der Waals surface area contributed by atoms with Crippen molar-refractivity contribution in [2.24, 2.45) is 0 Å². The zero-order valence-electron chi connectivity index (χ0n) is 14.5. The fraction of sp³-hybridized carbons (Fsp3) is 0.0417. The third-order valence-electron chi connectivity index (χ3n) is 4.11. The van der Waals surface area contributed by atoms with E-state index in [1.165, 1.54) is 6.07 Å². The second-order valence-electron chi connectivity index (χ2n) is 6.00. The third-order valence-corrected chi connectivity index (χ3v) is 4.11. The summed E-state index contributed by atoms with van der Waals surface area (Å²) in [4.78, 5) is 11.8. The summed E-state index contributed by atoms with van der Waals surface area (Å²) in [6.45, 7) is 0.470. The van der Waals surface area contributed by atoms with Gasteiger partial charge >= 0.3 is 5.63 Å². The average Bonchev–Trinajstić information content (AvgIpc) is 2.71. The van der Waals surface area contributed by atoms with Crippen LogP contribution in [0.1, 0.15) is 16.7 Å². The van der Waals surface area contributed by atoms with Gasteiger partial charge in [0.15, 0.2) is 0 Å². The number of fused-ring (bicyclic) bond motifs is 1. The maximum Gasteiger partial charge on any atom is 0.337 e. The van der Waals surface area contributed by atoms with Crippen molar-refractivity contribution in [3.05, 3.63) is 112 Å². The highest BCUT2D eigenvalue weighted by atomic mass is 16.5. The summed E-state index contributed by atoms with van der Waals surface area (Å²) >= 11 is 0. The first-order valence-corrected chi connectivity index (χ1v) is 8.60. The SMILES string of the molecule is O=c1cc(C#Cc2ccccc2OCc2ccccc2)c2ccccc2o1. The molecular formula is C24H16O3. The highest BCUT2D eigenvalue weighted by molar-refractivity contribution is 5.83. The van der Waals surface area contributed by atoms with Gasteiger partial charge in [0.1, 0.15) is 17.9 Å². The fourth-order valence-corrected chi connectivity index (χ4v) is 2.78. The lowest BCUT2D eigenvalue weighted by atomic mass is 10.1. The van der Waals surface area contributed by atoms with Crippen molar-refractivity contribution in [1.29, 1.82) is 0 Å². The van der Waals surface area contributed by atoms with Gasteiger partial charge in [0, 0.05) is 17.0 Å². The molecule has 4 aromatic rings. The maximum atomic E-state index is 11.8. The van der Waals surface area contributed by atoms with Crippen LogP contribution in [0.25, 0.3) is 11.0 Å². The summed E-state index contributed by atoms with van der Waals surface area (Å²) < 4.78 is 11.2. The van der Waals surface area contributed by atoms with Gasteiger partial charge in [0.05, 0.1) is 5.56 Å². The molecule has 0 unspecified atom stereocenters. The van der Waals surface area contributed by atoms with Gasteiger partial charge in [-0.1, -0.05) is 66.4 Å². The molecule has 0 N–H and O–H groups in total. The van der Waals surface area contributed by atoms with Gasteiger partial charge in [0.25, 0.3) is 0 Å². The first-order chi connectivity index (χ1) is 13.3. The zero-order valence-corrected chi connectivity index (χ0v) is 14.5. The quantitative estimate of drug-likeness (QED) is 0.394.